The molecule has 0 saturated heterocycles. The van der Waals surface area contributed by atoms with Gasteiger partial charge in [-0.25, -0.2) is 0 Å². The number of hydrogen-bond acceptors (Lipinski definition) is 5. The summed E-state index contributed by atoms with van der Waals surface area (Å²) in [4.78, 5) is 24.5. The molecule has 75 heavy (non-hydrogen) atoms. The summed E-state index contributed by atoms with van der Waals surface area (Å²) >= 11 is 0. The van der Waals surface area contributed by atoms with Crippen molar-refractivity contribution >= 4 is 11.9 Å². The van der Waals surface area contributed by atoms with Gasteiger partial charge in [-0.2, -0.15) is 0 Å². The smallest absolute Gasteiger partial charge is 0.305 e. The summed E-state index contributed by atoms with van der Waals surface area (Å²) in [5.74, 6) is -0.0238. The molecule has 0 aliphatic rings. The van der Waals surface area contributed by atoms with E-state index in [4.69, 9.17) is 4.74 Å². The Hall–Kier alpha value is -1.66. The molecular formula is C69H133NO5. The van der Waals surface area contributed by atoms with Crippen molar-refractivity contribution in [3.63, 3.8) is 0 Å². The van der Waals surface area contributed by atoms with Crippen molar-refractivity contribution in [2.24, 2.45) is 0 Å². The standard InChI is InChI=1S/C69H133NO5/c1-3-5-7-9-11-13-15-17-18-34-38-41-45-49-53-57-61-67(72)66(65-71)70-68(73)62-58-54-50-46-42-39-35-32-30-28-26-24-22-20-19-21-23-25-27-29-31-33-36-40-44-48-52-56-60-64-75-69(74)63-59-55-51-47-43-37-16-14-12-10-8-6-4-2/h8,10,14,16,66-67,71-72H,3-7,9,11-13,15,17-65H2,1-2H3,(H,70,73)/b10-8-,16-14-. The van der Waals surface area contributed by atoms with Crippen LogP contribution in [-0.2, 0) is 14.3 Å². The molecule has 0 heterocycles. The molecule has 0 fully saturated rings. The molecule has 0 spiro atoms. The van der Waals surface area contributed by atoms with Crippen LogP contribution < -0.4 is 5.32 Å². The van der Waals surface area contributed by atoms with Crippen LogP contribution in [0.3, 0.4) is 0 Å². The van der Waals surface area contributed by atoms with Crippen LogP contribution in [0.5, 0.6) is 0 Å². The third-order valence-electron chi connectivity index (χ3n) is 16.0. The molecule has 0 radical (unpaired) electrons. The first-order chi connectivity index (χ1) is 37.0. The van der Waals surface area contributed by atoms with E-state index in [1.807, 2.05) is 0 Å². The Labute approximate surface area is 469 Å². The predicted octanol–water partition coefficient (Wildman–Crippen LogP) is 21.8. The minimum atomic E-state index is -0.661. The van der Waals surface area contributed by atoms with Gasteiger partial charge in [0.15, 0.2) is 0 Å². The van der Waals surface area contributed by atoms with E-state index in [0.29, 0.717) is 25.9 Å². The number of aliphatic hydroxyl groups excluding tert-OH is 2. The van der Waals surface area contributed by atoms with E-state index in [9.17, 15) is 19.8 Å². The Morgan fingerprint density at radius 3 is 1.07 bits per heavy atom. The molecule has 0 rings (SSSR count). The third-order valence-corrected chi connectivity index (χ3v) is 16.0. The normalized spacial score (nSPS) is 12.6. The lowest BCUT2D eigenvalue weighted by Crippen LogP contribution is -2.45. The summed E-state index contributed by atoms with van der Waals surface area (Å²) in [5.41, 5.74) is 0. The Balaban J connectivity index is 3.33. The first-order valence-corrected chi connectivity index (χ1v) is 34.1. The summed E-state index contributed by atoms with van der Waals surface area (Å²) in [7, 11) is 0. The van der Waals surface area contributed by atoms with Gasteiger partial charge in [0.2, 0.25) is 5.91 Å². The number of allylic oxidation sites excluding steroid dienone is 4. The van der Waals surface area contributed by atoms with Crippen LogP contribution >= 0.6 is 0 Å². The molecule has 0 aliphatic heterocycles. The maximum atomic E-state index is 12.5. The molecule has 0 aromatic rings. The Kier molecular flexibility index (Phi) is 63.4. The quantitative estimate of drug-likeness (QED) is 0.0320. The minimum Gasteiger partial charge on any atom is -0.466 e. The molecule has 0 aromatic heterocycles. The Bertz CT molecular complexity index is 1170. The second kappa shape index (κ2) is 64.9. The fourth-order valence-corrected chi connectivity index (χ4v) is 10.8. The van der Waals surface area contributed by atoms with Gasteiger partial charge in [0.25, 0.3) is 0 Å². The highest BCUT2D eigenvalue weighted by Crippen LogP contribution is 2.19. The first-order valence-electron chi connectivity index (χ1n) is 34.1. The lowest BCUT2D eigenvalue weighted by Gasteiger charge is -2.22. The number of ether oxygens (including phenoxy) is 1. The minimum absolute atomic E-state index is 0.00454. The fourth-order valence-electron chi connectivity index (χ4n) is 10.8. The van der Waals surface area contributed by atoms with Crippen molar-refractivity contribution in [1.29, 1.82) is 0 Å². The lowest BCUT2D eigenvalue weighted by molar-refractivity contribution is -0.143. The maximum Gasteiger partial charge on any atom is 0.305 e. The zero-order valence-electron chi connectivity index (χ0n) is 50.8. The van der Waals surface area contributed by atoms with Crippen LogP contribution in [0.4, 0.5) is 0 Å². The Morgan fingerprint density at radius 2 is 0.693 bits per heavy atom. The predicted molar refractivity (Wildman–Crippen MR) is 329 cm³/mol. The van der Waals surface area contributed by atoms with E-state index in [0.717, 1.165) is 51.4 Å². The Morgan fingerprint density at radius 1 is 0.373 bits per heavy atom. The molecule has 0 aliphatic carbocycles. The number of esters is 1. The van der Waals surface area contributed by atoms with E-state index < -0.39 is 12.1 Å². The van der Waals surface area contributed by atoms with Crippen LogP contribution in [0.15, 0.2) is 24.3 Å². The van der Waals surface area contributed by atoms with Gasteiger partial charge >= 0.3 is 5.97 Å². The highest BCUT2D eigenvalue weighted by atomic mass is 16.5. The highest BCUT2D eigenvalue weighted by molar-refractivity contribution is 5.76. The van der Waals surface area contributed by atoms with Crippen LogP contribution in [0.25, 0.3) is 0 Å². The van der Waals surface area contributed by atoms with Crippen molar-refractivity contribution in [1.82, 2.24) is 5.32 Å². The molecule has 444 valence electrons. The summed E-state index contributed by atoms with van der Waals surface area (Å²) in [6.07, 6.45) is 80.8. The second-order valence-corrected chi connectivity index (χ2v) is 23.5. The van der Waals surface area contributed by atoms with Gasteiger partial charge < -0.3 is 20.3 Å². The molecular weight excluding hydrogens is 923 g/mol. The monoisotopic (exact) mass is 1060 g/mol. The highest BCUT2D eigenvalue weighted by Gasteiger charge is 2.20. The van der Waals surface area contributed by atoms with Gasteiger partial charge in [-0.15, -0.1) is 0 Å². The van der Waals surface area contributed by atoms with Crippen molar-refractivity contribution in [3.8, 4) is 0 Å². The van der Waals surface area contributed by atoms with E-state index in [2.05, 4.69) is 43.5 Å². The maximum absolute atomic E-state index is 12.5. The largest absolute Gasteiger partial charge is 0.466 e. The number of rotatable bonds is 64. The zero-order valence-corrected chi connectivity index (χ0v) is 50.8. The van der Waals surface area contributed by atoms with Gasteiger partial charge in [0, 0.05) is 12.8 Å². The molecule has 2 atom stereocenters. The molecule has 1 amide bonds. The van der Waals surface area contributed by atoms with Crippen molar-refractivity contribution in [2.75, 3.05) is 13.2 Å². The van der Waals surface area contributed by atoms with Gasteiger partial charge in [0.1, 0.15) is 0 Å². The van der Waals surface area contributed by atoms with Crippen LogP contribution in [-0.4, -0.2) is 47.4 Å². The molecule has 0 saturated carbocycles. The van der Waals surface area contributed by atoms with E-state index in [-0.39, 0.29) is 18.5 Å². The van der Waals surface area contributed by atoms with Crippen molar-refractivity contribution in [3.05, 3.63) is 24.3 Å². The first kappa shape index (κ1) is 73.3. The van der Waals surface area contributed by atoms with Gasteiger partial charge in [-0.3, -0.25) is 9.59 Å². The van der Waals surface area contributed by atoms with E-state index in [1.165, 1.54) is 295 Å². The topological polar surface area (TPSA) is 95.9 Å². The molecule has 6 nitrogen and oxygen atoms in total. The molecule has 3 N–H and O–H groups in total. The van der Waals surface area contributed by atoms with E-state index >= 15 is 0 Å². The van der Waals surface area contributed by atoms with Gasteiger partial charge in [-0.1, -0.05) is 340 Å². The summed E-state index contributed by atoms with van der Waals surface area (Å²) in [5, 5.41) is 23.3. The molecule has 0 bridgehead atoms. The summed E-state index contributed by atoms with van der Waals surface area (Å²) in [6, 6.07) is -0.538. The SMILES string of the molecule is CCC/C=C\C/C=C\CCCCCCCC(=O)OCCCCCCCCCCCCCCCCCCCCCCCCCCCCCCCC(=O)NC(CO)C(O)CCCCCCCCCCCCCCCCCC. The number of hydrogen-bond donors (Lipinski definition) is 3. The van der Waals surface area contributed by atoms with Crippen molar-refractivity contribution < 1.29 is 24.5 Å². The average Bonchev–Trinajstić information content (AvgIpc) is 3.41. The van der Waals surface area contributed by atoms with Gasteiger partial charge in [-0.05, 0) is 51.4 Å². The van der Waals surface area contributed by atoms with Crippen molar-refractivity contribution in [2.45, 2.75) is 392 Å². The number of nitrogens with one attached hydrogen (secondary N) is 1. The van der Waals surface area contributed by atoms with Gasteiger partial charge in [0.05, 0.1) is 25.4 Å². The third kappa shape index (κ3) is 61.4. The fraction of sp³-hybridized carbons (Fsp3) is 0.913. The number of carbonyl (C=O) groups is 2. The van der Waals surface area contributed by atoms with E-state index in [1.54, 1.807) is 0 Å². The summed E-state index contributed by atoms with van der Waals surface area (Å²) < 4.78 is 5.48. The average molecular weight is 1060 g/mol. The molecule has 0 aromatic carbocycles. The molecule has 2 unspecified atom stereocenters. The lowest BCUT2D eigenvalue weighted by atomic mass is 10.0. The number of carbonyl (C=O) groups excluding carboxylic acids is 2. The van der Waals surface area contributed by atoms with Crippen LogP contribution in [0, 0.1) is 0 Å². The van der Waals surface area contributed by atoms with Crippen LogP contribution in [0.2, 0.25) is 0 Å². The number of amides is 1. The molecule has 6 heteroatoms. The van der Waals surface area contributed by atoms with Crippen LogP contribution in [0.1, 0.15) is 380 Å². The second-order valence-electron chi connectivity index (χ2n) is 23.5. The number of aliphatic hydroxyl groups is 2. The zero-order chi connectivity index (χ0) is 54.3. The number of unbranched alkanes of at least 4 members (excludes halogenated alkanes) is 49. The summed E-state index contributed by atoms with van der Waals surface area (Å²) in [6.45, 7) is 4.92.